The van der Waals surface area contributed by atoms with Crippen LogP contribution in [0, 0.1) is 0 Å². The van der Waals surface area contributed by atoms with Crippen LogP contribution in [0.3, 0.4) is 0 Å². The number of anilines is 2. The van der Waals surface area contributed by atoms with Gasteiger partial charge in [-0.15, -0.1) is 11.6 Å². The second-order valence-corrected chi connectivity index (χ2v) is 4.94. The molecular weight excluding hydrogens is 267 g/mol. The van der Waals surface area contributed by atoms with Crippen LogP contribution in [0.15, 0.2) is 36.4 Å². The van der Waals surface area contributed by atoms with Gasteiger partial charge in [0.1, 0.15) is 5.82 Å². The zero-order valence-corrected chi connectivity index (χ0v) is 11.2. The molecule has 2 heterocycles. The van der Waals surface area contributed by atoms with Crippen molar-refractivity contribution in [3.8, 4) is 0 Å². The zero-order chi connectivity index (χ0) is 12.5. The minimum Gasteiger partial charge on any atom is -0.326 e. The Morgan fingerprint density at radius 1 is 1.17 bits per heavy atom. The number of hydrogen-bond donors (Lipinski definition) is 0. The van der Waals surface area contributed by atoms with E-state index in [1.54, 1.807) is 0 Å². The highest BCUT2D eigenvalue weighted by Gasteiger charge is 2.21. The lowest BCUT2D eigenvalue weighted by atomic mass is 10.2. The van der Waals surface area contributed by atoms with Gasteiger partial charge in [0, 0.05) is 12.2 Å². The summed E-state index contributed by atoms with van der Waals surface area (Å²) in [5.74, 6) is 1.25. The molecule has 1 aromatic carbocycles. The molecule has 0 atom stereocenters. The van der Waals surface area contributed by atoms with Crippen molar-refractivity contribution in [2.75, 3.05) is 11.4 Å². The third kappa shape index (κ3) is 1.96. The molecule has 4 heteroatoms. The number of fused-ring (bicyclic) bond motifs is 1. The molecule has 1 aliphatic rings. The SMILES string of the molecule is ClCc1nc(N2CCc3ccccc32)ccc1Cl. The van der Waals surface area contributed by atoms with Crippen molar-refractivity contribution in [2.45, 2.75) is 12.3 Å². The summed E-state index contributed by atoms with van der Waals surface area (Å²) < 4.78 is 0. The lowest BCUT2D eigenvalue weighted by Gasteiger charge is -2.19. The number of benzene rings is 1. The maximum Gasteiger partial charge on any atom is 0.133 e. The van der Waals surface area contributed by atoms with E-state index in [2.05, 4.69) is 34.1 Å². The molecule has 0 saturated heterocycles. The summed E-state index contributed by atoms with van der Waals surface area (Å²) in [6.07, 6.45) is 1.05. The third-order valence-corrected chi connectivity index (χ3v) is 3.79. The van der Waals surface area contributed by atoms with Crippen LogP contribution in [0.4, 0.5) is 11.5 Å². The van der Waals surface area contributed by atoms with Gasteiger partial charge in [-0.2, -0.15) is 0 Å². The van der Waals surface area contributed by atoms with Crippen LogP contribution in [0.1, 0.15) is 11.3 Å². The number of pyridine rings is 1. The Bertz CT molecular complexity index is 584. The summed E-state index contributed by atoms with van der Waals surface area (Å²) in [5.41, 5.74) is 3.33. The molecule has 0 bridgehead atoms. The molecule has 0 unspecified atom stereocenters. The first-order valence-corrected chi connectivity index (χ1v) is 6.77. The van der Waals surface area contributed by atoms with Crippen LogP contribution in [0.2, 0.25) is 5.02 Å². The Kier molecular flexibility index (Phi) is 3.14. The molecule has 2 aromatic rings. The van der Waals surface area contributed by atoms with Gasteiger partial charge in [-0.1, -0.05) is 29.8 Å². The monoisotopic (exact) mass is 278 g/mol. The number of halogens is 2. The first-order chi connectivity index (χ1) is 8.79. The van der Waals surface area contributed by atoms with Crippen LogP contribution in [0.25, 0.3) is 0 Å². The molecule has 3 rings (SSSR count). The smallest absolute Gasteiger partial charge is 0.133 e. The number of alkyl halides is 1. The molecule has 2 nitrogen and oxygen atoms in total. The van der Waals surface area contributed by atoms with Crippen LogP contribution >= 0.6 is 23.2 Å². The average Bonchev–Trinajstić information content (AvgIpc) is 2.83. The van der Waals surface area contributed by atoms with Crippen LogP contribution in [-0.2, 0) is 12.3 Å². The standard InChI is InChI=1S/C14H12Cl2N2/c15-9-12-11(16)5-6-14(17-12)18-8-7-10-3-1-2-4-13(10)18/h1-6H,7-9H2. The van der Waals surface area contributed by atoms with Gasteiger partial charge in [0.15, 0.2) is 0 Å². The highest BCUT2D eigenvalue weighted by molar-refractivity contribution is 6.32. The van der Waals surface area contributed by atoms with Gasteiger partial charge in [-0.25, -0.2) is 4.98 Å². The van der Waals surface area contributed by atoms with Crippen LogP contribution in [-0.4, -0.2) is 11.5 Å². The minimum atomic E-state index is 0.335. The fourth-order valence-electron chi connectivity index (χ4n) is 2.29. The number of para-hydroxylation sites is 1. The maximum atomic E-state index is 6.04. The molecule has 0 amide bonds. The van der Waals surface area contributed by atoms with Crippen LogP contribution < -0.4 is 4.90 Å². The highest BCUT2D eigenvalue weighted by Crippen LogP contribution is 2.34. The van der Waals surface area contributed by atoms with Gasteiger partial charge in [-0.3, -0.25) is 0 Å². The first kappa shape index (κ1) is 11.8. The van der Waals surface area contributed by atoms with Gasteiger partial charge in [0.05, 0.1) is 16.6 Å². The largest absolute Gasteiger partial charge is 0.326 e. The second kappa shape index (κ2) is 4.79. The number of rotatable bonds is 2. The van der Waals surface area contributed by atoms with Crippen LogP contribution in [0.5, 0.6) is 0 Å². The van der Waals surface area contributed by atoms with E-state index in [4.69, 9.17) is 23.2 Å². The summed E-state index contributed by atoms with van der Waals surface area (Å²) in [6, 6.07) is 12.2. The molecule has 0 spiro atoms. The summed E-state index contributed by atoms with van der Waals surface area (Å²) in [6.45, 7) is 0.954. The van der Waals surface area contributed by atoms with Crippen molar-refractivity contribution in [3.05, 3.63) is 52.7 Å². The van der Waals surface area contributed by atoms with E-state index < -0.39 is 0 Å². The molecule has 1 aromatic heterocycles. The zero-order valence-electron chi connectivity index (χ0n) is 9.74. The van der Waals surface area contributed by atoms with E-state index >= 15 is 0 Å². The molecule has 0 N–H and O–H groups in total. The number of aromatic nitrogens is 1. The lowest BCUT2D eigenvalue weighted by Crippen LogP contribution is -2.15. The lowest BCUT2D eigenvalue weighted by molar-refractivity contribution is 0.964. The molecule has 0 saturated carbocycles. The molecule has 92 valence electrons. The van der Waals surface area contributed by atoms with E-state index in [0.717, 1.165) is 24.5 Å². The van der Waals surface area contributed by atoms with E-state index in [1.807, 2.05) is 12.1 Å². The van der Waals surface area contributed by atoms with Crippen molar-refractivity contribution in [3.63, 3.8) is 0 Å². The Balaban J connectivity index is 2.02. The predicted octanol–water partition coefficient (Wildman–Crippen LogP) is 4.17. The molecular formula is C14H12Cl2N2. The molecule has 1 aliphatic heterocycles. The van der Waals surface area contributed by atoms with Crippen molar-refractivity contribution < 1.29 is 0 Å². The van der Waals surface area contributed by atoms with Crippen molar-refractivity contribution >= 4 is 34.7 Å². The normalized spacial score (nSPS) is 13.8. The quantitative estimate of drug-likeness (QED) is 0.767. The fraction of sp³-hybridized carbons (Fsp3) is 0.214. The van der Waals surface area contributed by atoms with Gasteiger partial charge < -0.3 is 4.90 Å². The summed E-state index contributed by atoms with van der Waals surface area (Å²) in [7, 11) is 0. The third-order valence-electron chi connectivity index (χ3n) is 3.19. The van der Waals surface area contributed by atoms with E-state index in [0.29, 0.717) is 10.9 Å². The fourth-order valence-corrected chi connectivity index (χ4v) is 2.74. The van der Waals surface area contributed by atoms with Gasteiger partial charge in [0.2, 0.25) is 0 Å². The summed E-state index contributed by atoms with van der Waals surface area (Å²) in [5, 5.41) is 0.626. The van der Waals surface area contributed by atoms with Crippen molar-refractivity contribution in [1.29, 1.82) is 0 Å². The highest BCUT2D eigenvalue weighted by atomic mass is 35.5. The van der Waals surface area contributed by atoms with E-state index in [-0.39, 0.29) is 0 Å². The summed E-state index contributed by atoms with van der Waals surface area (Å²) in [4.78, 5) is 6.74. The Labute approximate surface area is 116 Å². The number of hydrogen-bond acceptors (Lipinski definition) is 2. The average molecular weight is 279 g/mol. The predicted molar refractivity (Wildman–Crippen MR) is 76.0 cm³/mol. The maximum absolute atomic E-state index is 6.04. The first-order valence-electron chi connectivity index (χ1n) is 5.86. The molecule has 0 radical (unpaired) electrons. The summed E-state index contributed by atoms with van der Waals surface area (Å²) >= 11 is 11.9. The Morgan fingerprint density at radius 2 is 2.00 bits per heavy atom. The molecule has 0 fully saturated rings. The minimum absolute atomic E-state index is 0.335. The Morgan fingerprint density at radius 3 is 2.83 bits per heavy atom. The van der Waals surface area contributed by atoms with Crippen molar-refractivity contribution in [1.82, 2.24) is 4.98 Å². The van der Waals surface area contributed by atoms with Gasteiger partial charge >= 0.3 is 0 Å². The topological polar surface area (TPSA) is 16.1 Å². The van der Waals surface area contributed by atoms with Crippen molar-refractivity contribution in [2.24, 2.45) is 0 Å². The van der Waals surface area contributed by atoms with E-state index in [1.165, 1.54) is 11.3 Å². The number of nitrogens with zero attached hydrogens (tertiary/aromatic N) is 2. The van der Waals surface area contributed by atoms with Gasteiger partial charge in [-0.05, 0) is 30.2 Å². The molecule has 18 heavy (non-hydrogen) atoms. The molecule has 0 aliphatic carbocycles. The van der Waals surface area contributed by atoms with E-state index in [9.17, 15) is 0 Å². The van der Waals surface area contributed by atoms with Gasteiger partial charge in [0.25, 0.3) is 0 Å². The second-order valence-electron chi connectivity index (χ2n) is 4.26. The Hall–Kier alpha value is -1.25.